The molecule has 24 heteroatoms. The molecule has 192 valence electrons. The molecule has 2 heterocycles. The molecule has 2 N–H and O–H groups in total. The third-order valence-electron chi connectivity index (χ3n) is 4.89. The number of Topliss-reactive ketones (excluding diaryl/α,β-unsaturated/α-hetero) is 1. The first kappa shape index (κ1) is 43.3. The van der Waals surface area contributed by atoms with Gasteiger partial charge in [0.25, 0.3) is 10.1 Å². The van der Waals surface area contributed by atoms with Crippen molar-refractivity contribution in [1.82, 2.24) is 4.98 Å². The minimum atomic E-state index is -5.54. The molecular formula is C16H6K4N2O14S4. The van der Waals surface area contributed by atoms with E-state index in [0.717, 1.165) is 0 Å². The summed E-state index contributed by atoms with van der Waals surface area (Å²) in [6.07, 6.45) is 0. The van der Waals surface area contributed by atoms with Crippen LogP contribution in [-0.2, 0) is 40.5 Å². The molecule has 16 nitrogen and oxygen atoms in total. The number of benzene rings is 2. The summed E-state index contributed by atoms with van der Waals surface area (Å²) >= 11 is 0. The van der Waals surface area contributed by atoms with Crippen molar-refractivity contribution in [3.8, 4) is 5.75 Å². The summed E-state index contributed by atoms with van der Waals surface area (Å²) in [6.45, 7) is 0. The number of rotatable bonds is 5. The van der Waals surface area contributed by atoms with Gasteiger partial charge in [-0.1, -0.05) is 5.75 Å². The maximum atomic E-state index is 12.9. The molecule has 0 unspecified atom stereocenters. The predicted octanol–water partition coefficient (Wildman–Crippen LogP) is -13.5. The summed E-state index contributed by atoms with van der Waals surface area (Å²) in [5.41, 5.74) is -4.46. The number of aliphatic imine (C=N–C) groups is 1. The third-order valence-corrected chi connectivity index (χ3v) is 8.24. The number of carbonyl (C=O) groups is 1. The van der Waals surface area contributed by atoms with E-state index in [2.05, 4.69) is 9.98 Å². The van der Waals surface area contributed by atoms with Crippen molar-refractivity contribution in [1.29, 1.82) is 0 Å². The second kappa shape index (κ2) is 15.0. The number of hydrogen-bond donors (Lipinski definition) is 2. The maximum Gasteiger partial charge on any atom is 1.00 e. The number of H-pyrrole nitrogens is 1. The van der Waals surface area contributed by atoms with E-state index >= 15 is 0 Å². The van der Waals surface area contributed by atoms with Crippen LogP contribution in [0, 0.1) is 0 Å². The van der Waals surface area contributed by atoms with Crippen LogP contribution in [-0.4, -0.2) is 68.4 Å². The molecule has 3 aromatic rings. The molecular weight excluding hydrogens is 729 g/mol. The molecule has 1 aromatic heterocycles. The fraction of sp³-hybridized carbons (Fsp3) is 0. The van der Waals surface area contributed by atoms with Gasteiger partial charge in [0, 0.05) is 0 Å². The standard InChI is InChI=1S/C16H10N2O14S4.4K/c19-15-7-1-5(33(21,22)23)3-9(35(27,28)29)11(7)17-13(15)14-16(20)8-2-6(34(24,25)26)4-10(12(8)18-14)36(30,31)32;;;;/h1-4,17,19H,(H,21,22,23)(H,24,25,26)(H,27,28,29)(H,30,31,32);;;;/q;4*+1/p-4. The van der Waals surface area contributed by atoms with Crippen molar-refractivity contribution in [2.45, 2.75) is 19.6 Å². The normalized spacial score (nSPS) is 13.3. The molecule has 0 atom stereocenters. The average Bonchev–Trinajstić information content (AvgIpc) is 3.21. The summed E-state index contributed by atoms with van der Waals surface area (Å²) < 4.78 is 136. The van der Waals surface area contributed by atoms with Crippen LogP contribution in [0.1, 0.15) is 16.1 Å². The smallest absolute Gasteiger partial charge is 0.871 e. The SMILES string of the molecule is O=C1C(c2[nH]c3c(S(=O)(=O)O)cc(S(=O)(=O)[O-])cc3c2[O-])=Nc2c1cc(S(=O)(=O)[O-])cc2S(=O)(=O)[O-].[K+].[K+].[K+].[K+]. The largest absolute Gasteiger partial charge is 1.00 e. The summed E-state index contributed by atoms with van der Waals surface area (Å²) in [4.78, 5) is 13.4. The number of ketones is 1. The van der Waals surface area contributed by atoms with E-state index < -0.39 is 105 Å². The first-order valence-corrected chi connectivity index (χ1v) is 14.4. The van der Waals surface area contributed by atoms with Crippen molar-refractivity contribution >= 4 is 68.6 Å². The quantitative estimate of drug-likeness (QED) is 0.182. The van der Waals surface area contributed by atoms with E-state index in [0.29, 0.717) is 12.1 Å². The van der Waals surface area contributed by atoms with Crippen LogP contribution in [0.2, 0.25) is 0 Å². The summed E-state index contributed by atoms with van der Waals surface area (Å²) in [7, 11) is -21.6. The predicted molar refractivity (Wildman–Crippen MR) is 108 cm³/mol. The molecule has 0 saturated carbocycles. The zero-order valence-corrected chi connectivity index (χ0v) is 36.4. The van der Waals surface area contributed by atoms with Crippen molar-refractivity contribution < 1.29 is 267 Å². The van der Waals surface area contributed by atoms with Crippen molar-refractivity contribution in [2.24, 2.45) is 4.99 Å². The molecule has 40 heavy (non-hydrogen) atoms. The Labute approximate surface area is 396 Å². The number of nitrogens with one attached hydrogen (secondary N) is 1. The van der Waals surface area contributed by atoms with E-state index in [-0.39, 0.29) is 218 Å². The summed E-state index contributed by atoms with van der Waals surface area (Å²) in [6, 6.07) is 1.25. The Kier molecular flexibility index (Phi) is 16.3. The van der Waals surface area contributed by atoms with E-state index in [1.54, 1.807) is 0 Å². The number of aromatic nitrogens is 1. The van der Waals surface area contributed by atoms with Gasteiger partial charge < -0.3 is 23.7 Å². The van der Waals surface area contributed by atoms with Gasteiger partial charge in [0.1, 0.15) is 41.0 Å². The van der Waals surface area contributed by atoms with E-state index in [4.69, 9.17) is 0 Å². The fourth-order valence-corrected chi connectivity index (χ4v) is 5.95. The number of fused-ring (bicyclic) bond motifs is 2. The first-order chi connectivity index (χ1) is 16.2. The van der Waals surface area contributed by atoms with E-state index in [1.807, 2.05) is 0 Å². The van der Waals surface area contributed by atoms with Crippen LogP contribution in [0.25, 0.3) is 10.9 Å². The van der Waals surface area contributed by atoms with Gasteiger partial charge in [0.05, 0.1) is 37.1 Å². The number of carbonyl (C=O) groups excluding carboxylic acids is 1. The van der Waals surface area contributed by atoms with Crippen molar-refractivity contribution in [3.63, 3.8) is 0 Å². The maximum absolute atomic E-state index is 12.9. The zero-order chi connectivity index (χ0) is 27.2. The van der Waals surface area contributed by atoms with Crippen molar-refractivity contribution in [3.05, 3.63) is 35.5 Å². The van der Waals surface area contributed by atoms with Crippen LogP contribution in [0.4, 0.5) is 5.69 Å². The summed E-state index contributed by atoms with van der Waals surface area (Å²) in [5.74, 6) is -2.72. The van der Waals surface area contributed by atoms with Gasteiger partial charge in [0.2, 0.25) is 5.78 Å². The monoisotopic (exact) mass is 734 g/mol. The van der Waals surface area contributed by atoms with Gasteiger partial charge in [-0.2, -0.15) is 8.42 Å². The third kappa shape index (κ3) is 8.80. The van der Waals surface area contributed by atoms with Gasteiger partial charge in [-0.05, 0) is 29.7 Å². The zero-order valence-electron chi connectivity index (χ0n) is 20.6. The van der Waals surface area contributed by atoms with Crippen LogP contribution in [0.15, 0.2) is 48.8 Å². The number of hydrogen-bond acceptors (Lipinski definition) is 14. The van der Waals surface area contributed by atoms with Crippen LogP contribution >= 0.6 is 0 Å². The minimum Gasteiger partial charge on any atom is -0.871 e. The molecule has 4 rings (SSSR count). The molecule has 1 aliphatic rings. The Morgan fingerprint density at radius 1 is 0.725 bits per heavy atom. The van der Waals surface area contributed by atoms with Crippen LogP contribution < -0.4 is 211 Å². The second-order valence-electron chi connectivity index (χ2n) is 7.12. The first-order valence-electron chi connectivity index (χ1n) is 8.75. The number of aromatic amines is 1. The topological polar surface area (TPSA) is 294 Å². The van der Waals surface area contributed by atoms with E-state index in [1.165, 1.54) is 0 Å². The van der Waals surface area contributed by atoms with Crippen LogP contribution in [0.5, 0.6) is 5.75 Å². The average molecular weight is 735 g/mol. The molecule has 2 aromatic carbocycles. The fourth-order valence-electron chi connectivity index (χ4n) is 3.39. The Morgan fingerprint density at radius 3 is 1.65 bits per heavy atom. The Balaban J connectivity index is 0.00000380. The molecule has 0 spiro atoms. The molecule has 0 amide bonds. The van der Waals surface area contributed by atoms with E-state index in [9.17, 15) is 61.8 Å². The Morgan fingerprint density at radius 2 is 1.20 bits per heavy atom. The van der Waals surface area contributed by atoms with Gasteiger partial charge in [-0.25, -0.2) is 30.2 Å². The molecule has 0 bridgehead atoms. The van der Waals surface area contributed by atoms with Gasteiger partial charge >= 0.3 is 206 Å². The van der Waals surface area contributed by atoms with Gasteiger partial charge in [-0.3, -0.25) is 9.35 Å². The minimum absolute atomic E-state index is 0. The van der Waals surface area contributed by atoms with Gasteiger partial charge in [-0.15, -0.1) is 0 Å². The van der Waals surface area contributed by atoms with Crippen molar-refractivity contribution in [2.75, 3.05) is 0 Å². The Bertz CT molecular complexity index is 2020. The molecule has 0 radical (unpaired) electrons. The second-order valence-corrected chi connectivity index (χ2v) is 12.6. The Hall–Kier alpha value is 3.31. The molecule has 0 fully saturated rings. The number of nitrogens with zero attached hydrogens (tertiary/aromatic N) is 1. The molecule has 0 aliphatic carbocycles. The van der Waals surface area contributed by atoms with Gasteiger partial charge in [0.15, 0.2) is 0 Å². The summed E-state index contributed by atoms with van der Waals surface area (Å²) in [5, 5.41) is 12.1. The molecule has 1 aliphatic heterocycles. The molecule has 0 saturated heterocycles. The van der Waals surface area contributed by atoms with Crippen LogP contribution in [0.3, 0.4) is 0 Å².